The van der Waals surface area contributed by atoms with Gasteiger partial charge in [0.25, 0.3) is 0 Å². The number of aryl methyl sites for hydroxylation is 2. The Morgan fingerprint density at radius 2 is 1.48 bits per heavy atom. The maximum atomic E-state index is 2.58. The number of benzene rings is 1. The van der Waals surface area contributed by atoms with Gasteiger partial charge < -0.3 is 0 Å². The Morgan fingerprint density at radius 1 is 0.870 bits per heavy atom. The third-order valence-corrected chi connectivity index (χ3v) is 9.42. The fourth-order valence-electron chi connectivity index (χ4n) is 4.15. The van der Waals surface area contributed by atoms with Gasteiger partial charge in [0.2, 0.25) is 0 Å². The quantitative estimate of drug-likeness (QED) is 0.435. The first-order chi connectivity index (χ1) is 11.2. The number of hydrogen-bond donors (Lipinski definition) is 0. The SMILES string of the molecule is CCCCc1ccc(P2C(CC)CCC2CC)c(CCCC)c1. The Balaban J connectivity index is 2.30. The maximum Gasteiger partial charge on any atom is -0.0169 e. The largest absolute Gasteiger partial charge is 0.0687 e. The summed E-state index contributed by atoms with van der Waals surface area (Å²) >= 11 is 0. The molecule has 0 N–H and O–H groups in total. The van der Waals surface area contributed by atoms with Crippen LogP contribution < -0.4 is 5.30 Å². The first-order valence-corrected chi connectivity index (χ1v) is 11.6. The summed E-state index contributed by atoms with van der Waals surface area (Å²) in [5.41, 5.74) is 5.26. The minimum atomic E-state index is 0.0701. The van der Waals surface area contributed by atoms with Crippen LogP contribution in [0.1, 0.15) is 90.2 Å². The topological polar surface area (TPSA) is 0 Å². The second-order valence-electron chi connectivity index (χ2n) is 7.28. The smallest absolute Gasteiger partial charge is 0.0169 e. The van der Waals surface area contributed by atoms with E-state index in [0.717, 1.165) is 11.3 Å². The highest BCUT2D eigenvalue weighted by Crippen LogP contribution is 2.57. The zero-order valence-electron chi connectivity index (χ0n) is 15.9. The van der Waals surface area contributed by atoms with Gasteiger partial charge in [0.1, 0.15) is 0 Å². The van der Waals surface area contributed by atoms with Crippen molar-refractivity contribution in [1.82, 2.24) is 0 Å². The molecule has 130 valence electrons. The molecule has 23 heavy (non-hydrogen) atoms. The molecular weight excluding hydrogens is 295 g/mol. The molecule has 0 saturated carbocycles. The molecule has 1 saturated heterocycles. The zero-order valence-corrected chi connectivity index (χ0v) is 16.8. The predicted molar refractivity (Wildman–Crippen MR) is 108 cm³/mol. The van der Waals surface area contributed by atoms with E-state index in [1.54, 1.807) is 16.4 Å². The van der Waals surface area contributed by atoms with Crippen LogP contribution in [0.25, 0.3) is 0 Å². The summed E-state index contributed by atoms with van der Waals surface area (Å²) in [6, 6.07) is 7.60. The van der Waals surface area contributed by atoms with Crippen molar-refractivity contribution in [3.63, 3.8) is 0 Å². The highest BCUT2D eigenvalue weighted by Gasteiger charge is 2.35. The third kappa shape index (κ3) is 4.82. The lowest BCUT2D eigenvalue weighted by molar-refractivity contribution is 0.696. The Labute approximate surface area is 146 Å². The zero-order chi connectivity index (χ0) is 16.7. The molecule has 0 aliphatic carbocycles. The molecule has 0 nitrogen and oxygen atoms in total. The second kappa shape index (κ2) is 9.83. The lowest BCUT2D eigenvalue weighted by Gasteiger charge is -2.28. The van der Waals surface area contributed by atoms with E-state index in [9.17, 15) is 0 Å². The monoisotopic (exact) mass is 332 g/mol. The molecule has 0 spiro atoms. The van der Waals surface area contributed by atoms with Crippen LogP contribution in [-0.4, -0.2) is 11.3 Å². The van der Waals surface area contributed by atoms with E-state index in [-0.39, 0.29) is 7.92 Å². The van der Waals surface area contributed by atoms with Crippen molar-refractivity contribution >= 4 is 13.2 Å². The molecule has 2 rings (SSSR count). The number of rotatable bonds is 9. The Kier molecular flexibility index (Phi) is 8.11. The van der Waals surface area contributed by atoms with Crippen LogP contribution in [0.3, 0.4) is 0 Å². The fraction of sp³-hybridized carbons (Fsp3) is 0.727. The molecule has 0 bridgehead atoms. The van der Waals surface area contributed by atoms with Gasteiger partial charge in [0.15, 0.2) is 0 Å². The Bertz CT molecular complexity index is 453. The molecule has 1 heteroatoms. The van der Waals surface area contributed by atoms with Crippen molar-refractivity contribution in [3.8, 4) is 0 Å². The van der Waals surface area contributed by atoms with Gasteiger partial charge in [-0.05, 0) is 79.1 Å². The van der Waals surface area contributed by atoms with Crippen LogP contribution in [0.15, 0.2) is 18.2 Å². The van der Waals surface area contributed by atoms with E-state index in [1.807, 2.05) is 0 Å². The standard InChI is InChI=1S/C22H37P/c1-5-9-11-18-13-16-22(19(17-18)12-10-6-2)23-20(7-3)14-15-21(23)8-4/h13,16-17,20-21H,5-12,14-15H2,1-4H3. The van der Waals surface area contributed by atoms with Crippen molar-refractivity contribution in [2.75, 3.05) is 0 Å². The van der Waals surface area contributed by atoms with Crippen molar-refractivity contribution < 1.29 is 0 Å². The molecule has 2 unspecified atom stereocenters. The normalized spacial score (nSPS) is 24.3. The van der Waals surface area contributed by atoms with Crippen molar-refractivity contribution in [3.05, 3.63) is 29.3 Å². The maximum absolute atomic E-state index is 2.58. The van der Waals surface area contributed by atoms with E-state index < -0.39 is 0 Å². The molecule has 1 aliphatic heterocycles. The average Bonchev–Trinajstić information content (AvgIpc) is 3.00. The summed E-state index contributed by atoms with van der Waals surface area (Å²) in [4.78, 5) is 0. The molecular formula is C22H37P. The minimum Gasteiger partial charge on any atom is -0.0687 e. The van der Waals surface area contributed by atoms with Gasteiger partial charge in [-0.1, -0.05) is 66.7 Å². The van der Waals surface area contributed by atoms with Gasteiger partial charge in [-0.2, -0.15) is 0 Å². The molecule has 1 heterocycles. The van der Waals surface area contributed by atoms with E-state index in [4.69, 9.17) is 0 Å². The Hall–Kier alpha value is -0.350. The number of unbranched alkanes of at least 4 members (excludes halogenated alkanes) is 2. The molecule has 2 atom stereocenters. The summed E-state index contributed by atoms with van der Waals surface area (Å²) < 4.78 is 0. The van der Waals surface area contributed by atoms with Gasteiger partial charge in [-0.15, -0.1) is 0 Å². The van der Waals surface area contributed by atoms with Crippen LogP contribution in [-0.2, 0) is 12.8 Å². The number of hydrogen-bond acceptors (Lipinski definition) is 0. The second-order valence-corrected chi connectivity index (χ2v) is 10.0. The fourth-order valence-corrected chi connectivity index (χ4v) is 7.93. The van der Waals surface area contributed by atoms with Crippen LogP contribution in [0.2, 0.25) is 0 Å². The molecule has 1 aliphatic rings. The van der Waals surface area contributed by atoms with Gasteiger partial charge in [-0.25, -0.2) is 0 Å². The predicted octanol–water partition coefficient (Wildman–Crippen LogP) is 6.83. The summed E-state index contributed by atoms with van der Waals surface area (Å²) in [6.45, 7) is 9.45. The van der Waals surface area contributed by atoms with Crippen LogP contribution in [0.5, 0.6) is 0 Å². The van der Waals surface area contributed by atoms with Gasteiger partial charge in [0.05, 0.1) is 0 Å². The van der Waals surface area contributed by atoms with Crippen molar-refractivity contribution in [1.29, 1.82) is 0 Å². The van der Waals surface area contributed by atoms with Crippen molar-refractivity contribution in [2.24, 2.45) is 0 Å². The lowest BCUT2D eigenvalue weighted by atomic mass is 10.0. The van der Waals surface area contributed by atoms with E-state index >= 15 is 0 Å². The van der Waals surface area contributed by atoms with Gasteiger partial charge in [-0.3, -0.25) is 0 Å². The highest BCUT2D eigenvalue weighted by atomic mass is 31.1. The average molecular weight is 333 g/mol. The van der Waals surface area contributed by atoms with Gasteiger partial charge >= 0.3 is 0 Å². The van der Waals surface area contributed by atoms with Crippen molar-refractivity contribution in [2.45, 2.75) is 103 Å². The van der Waals surface area contributed by atoms with E-state index in [0.29, 0.717) is 0 Å². The first-order valence-electron chi connectivity index (χ1n) is 10.1. The molecule has 1 aromatic carbocycles. The lowest BCUT2D eigenvalue weighted by Crippen LogP contribution is -2.18. The molecule has 0 radical (unpaired) electrons. The van der Waals surface area contributed by atoms with Crippen LogP contribution in [0.4, 0.5) is 0 Å². The van der Waals surface area contributed by atoms with Crippen LogP contribution in [0, 0.1) is 0 Å². The molecule has 0 aromatic heterocycles. The van der Waals surface area contributed by atoms with E-state index in [2.05, 4.69) is 45.9 Å². The Morgan fingerprint density at radius 3 is 2.04 bits per heavy atom. The molecule has 0 amide bonds. The summed E-state index contributed by atoms with van der Waals surface area (Å²) in [7, 11) is 0.0701. The summed E-state index contributed by atoms with van der Waals surface area (Å²) in [5, 5.41) is 1.78. The van der Waals surface area contributed by atoms with Gasteiger partial charge in [0, 0.05) is 0 Å². The summed E-state index contributed by atoms with van der Waals surface area (Å²) in [5.74, 6) is 0. The summed E-state index contributed by atoms with van der Waals surface area (Å²) in [6.07, 6.45) is 13.6. The van der Waals surface area contributed by atoms with E-state index in [1.165, 1.54) is 64.2 Å². The molecule has 1 aromatic rings. The minimum absolute atomic E-state index is 0.0701. The first kappa shape index (κ1) is 19.0. The van der Waals surface area contributed by atoms with Crippen LogP contribution >= 0.6 is 7.92 Å². The highest BCUT2D eigenvalue weighted by molar-refractivity contribution is 7.67. The third-order valence-electron chi connectivity index (χ3n) is 5.60. The molecule has 1 fully saturated rings.